The molecule has 0 amide bonds. The molecule has 0 aliphatic rings. The van der Waals surface area contributed by atoms with Gasteiger partial charge in [0.05, 0.1) is 34.3 Å². The van der Waals surface area contributed by atoms with Crippen LogP contribution in [0.5, 0.6) is 0 Å². The van der Waals surface area contributed by atoms with Crippen LogP contribution in [0.4, 0.5) is 5.69 Å². The molecule has 2 N–H and O–H groups in total. The van der Waals surface area contributed by atoms with Crippen molar-refractivity contribution in [3.8, 4) is 11.8 Å². The summed E-state index contributed by atoms with van der Waals surface area (Å²) in [5.74, 6) is 5.30. The number of aromatic carboxylic acids is 1. The van der Waals surface area contributed by atoms with E-state index in [1.54, 1.807) is 55.4 Å². The molecule has 0 bridgehead atoms. The van der Waals surface area contributed by atoms with Gasteiger partial charge in [-0.25, -0.2) is 9.78 Å². The maximum absolute atomic E-state index is 13.1. The van der Waals surface area contributed by atoms with Crippen LogP contribution in [0.1, 0.15) is 45.8 Å². The highest BCUT2D eigenvalue weighted by atomic mass is 16.4. The highest BCUT2D eigenvalue weighted by Crippen LogP contribution is 2.27. The summed E-state index contributed by atoms with van der Waals surface area (Å²) in [5.41, 5.74) is 3.42. The Kier molecular flexibility index (Phi) is 5.71. The topological polar surface area (TPSA) is 102 Å². The fourth-order valence-corrected chi connectivity index (χ4v) is 3.71. The third kappa shape index (κ3) is 4.34. The van der Waals surface area contributed by atoms with Crippen molar-refractivity contribution in [2.45, 2.75) is 19.9 Å². The zero-order chi connectivity index (χ0) is 23.7. The number of fused-ring (bicyclic) bond motifs is 1. The van der Waals surface area contributed by atoms with E-state index in [1.807, 2.05) is 26.0 Å². The van der Waals surface area contributed by atoms with Crippen molar-refractivity contribution in [1.82, 2.24) is 19.3 Å². The number of aromatic nitrogens is 4. The van der Waals surface area contributed by atoms with Crippen molar-refractivity contribution in [1.29, 1.82) is 0 Å². The lowest BCUT2D eigenvalue weighted by Gasteiger charge is -2.19. The van der Waals surface area contributed by atoms with Crippen molar-refractivity contribution in [3.05, 3.63) is 87.2 Å². The normalized spacial score (nSPS) is 11.6. The number of benzene rings is 2. The number of nitrogens with zero attached hydrogens (tertiary/aromatic N) is 4. The number of carbonyl (C=O) groups is 1. The van der Waals surface area contributed by atoms with E-state index in [1.165, 1.54) is 4.57 Å². The number of carboxylic acids is 1. The molecule has 8 heteroatoms. The van der Waals surface area contributed by atoms with Gasteiger partial charge in [-0.1, -0.05) is 24.1 Å². The first-order valence-corrected chi connectivity index (χ1v) is 10.4. The van der Waals surface area contributed by atoms with Crippen LogP contribution in [0, 0.1) is 18.8 Å². The highest BCUT2D eigenvalue weighted by molar-refractivity contribution is 5.94. The molecule has 0 saturated carbocycles. The molecule has 0 fully saturated rings. The molecule has 0 radical (unpaired) electrons. The van der Waals surface area contributed by atoms with Crippen LogP contribution in [0.15, 0.2) is 53.6 Å². The summed E-state index contributed by atoms with van der Waals surface area (Å²) in [7, 11) is 3.45. The maximum Gasteiger partial charge on any atom is 0.337 e. The second kappa shape index (κ2) is 8.63. The lowest BCUT2D eigenvalue weighted by atomic mass is 10.0. The standard InChI is InChI=1S/C25H23N5O3/c1-15-11-19(16(2)27-21-8-6-5-7-18(21)25(32)33)23-20(12-15)24(31)30(4)22(28-23)10-9-17-13-26-29(3)14-17/h5-8,11-14,16,27H,1-4H3,(H,32,33). The zero-order valence-electron chi connectivity index (χ0n) is 18.7. The van der Waals surface area contributed by atoms with Crippen molar-refractivity contribution in [2.24, 2.45) is 14.1 Å². The smallest absolute Gasteiger partial charge is 0.337 e. The Morgan fingerprint density at radius 3 is 2.64 bits per heavy atom. The fraction of sp³-hybridized carbons (Fsp3) is 0.200. The fourth-order valence-electron chi connectivity index (χ4n) is 3.71. The molecule has 4 aromatic rings. The number of rotatable bonds is 4. The van der Waals surface area contributed by atoms with Gasteiger partial charge in [-0.15, -0.1) is 0 Å². The molecule has 4 rings (SSSR count). The summed E-state index contributed by atoms with van der Waals surface area (Å²) < 4.78 is 3.09. The molecule has 0 aliphatic carbocycles. The van der Waals surface area contributed by atoms with Crippen LogP contribution in [0.2, 0.25) is 0 Å². The Labute approximate surface area is 190 Å². The maximum atomic E-state index is 13.1. The summed E-state index contributed by atoms with van der Waals surface area (Å²) in [6, 6.07) is 10.2. The number of nitrogens with one attached hydrogen (secondary N) is 1. The zero-order valence-corrected chi connectivity index (χ0v) is 18.7. The number of anilines is 1. The lowest BCUT2D eigenvalue weighted by molar-refractivity contribution is 0.0698. The van der Waals surface area contributed by atoms with Gasteiger partial charge >= 0.3 is 5.97 Å². The number of hydrogen-bond donors (Lipinski definition) is 2. The summed E-state index contributed by atoms with van der Waals surface area (Å²) in [6.45, 7) is 3.82. The first-order chi connectivity index (χ1) is 15.7. The van der Waals surface area contributed by atoms with Gasteiger partial charge in [-0.3, -0.25) is 14.0 Å². The Hall–Kier alpha value is -4.38. The number of para-hydroxylation sites is 1. The third-order valence-electron chi connectivity index (χ3n) is 5.37. The van der Waals surface area contributed by atoms with Gasteiger partial charge in [-0.2, -0.15) is 5.10 Å². The first-order valence-electron chi connectivity index (χ1n) is 10.4. The molecular weight excluding hydrogens is 418 g/mol. The van der Waals surface area contributed by atoms with Crippen molar-refractivity contribution >= 4 is 22.6 Å². The van der Waals surface area contributed by atoms with Crippen LogP contribution in [0.3, 0.4) is 0 Å². The van der Waals surface area contributed by atoms with E-state index in [4.69, 9.17) is 4.98 Å². The van der Waals surface area contributed by atoms with Gasteiger partial charge in [-0.05, 0) is 43.5 Å². The van der Waals surface area contributed by atoms with Crippen LogP contribution in [0.25, 0.3) is 10.9 Å². The average molecular weight is 441 g/mol. The SMILES string of the molecule is Cc1cc(C(C)Nc2ccccc2C(=O)O)c2nc(C#Cc3cnn(C)c3)n(C)c(=O)c2c1. The number of carboxylic acid groups (broad SMARTS) is 1. The van der Waals surface area contributed by atoms with Crippen LogP contribution < -0.4 is 10.9 Å². The van der Waals surface area contributed by atoms with E-state index in [-0.39, 0.29) is 17.2 Å². The predicted octanol–water partition coefficient (Wildman–Crippen LogP) is 3.25. The Morgan fingerprint density at radius 1 is 1.18 bits per heavy atom. The van der Waals surface area contributed by atoms with Gasteiger partial charge in [0, 0.05) is 31.5 Å². The van der Waals surface area contributed by atoms with Gasteiger partial charge in [0.2, 0.25) is 0 Å². The van der Waals surface area contributed by atoms with Crippen LogP contribution in [-0.2, 0) is 14.1 Å². The van der Waals surface area contributed by atoms with E-state index in [2.05, 4.69) is 22.3 Å². The minimum atomic E-state index is -1.01. The van der Waals surface area contributed by atoms with Gasteiger partial charge in [0.1, 0.15) is 0 Å². The minimum absolute atomic E-state index is 0.174. The highest BCUT2D eigenvalue weighted by Gasteiger charge is 2.18. The van der Waals surface area contributed by atoms with Crippen LogP contribution >= 0.6 is 0 Å². The van der Waals surface area contributed by atoms with E-state index in [9.17, 15) is 14.7 Å². The average Bonchev–Trinajstić information content (AvgIpc) is 3.20. The number of aryl methyl sites for hydroxylation is 2. The molecule has 2 heterocycles. The van der Waals surface area contributed by atoms with E-state index in [0.717, 1.165) is 16.7 Å². The van der Waals surface area contributed by atoms with Gasteiger partial charge in [0.25, 0.3) is 5.56 Å². The van der Waals surface area contributed by atoms with Crippen molar-refractivity contribution in [3.63, 3.8) is 0 Å². The van der Waals surface area contributed by atoms with Crippen LogP contribution in [-0.4, -0.2) is 30.4 Å². The predicted molar refractivity (Wildman–Crippen MR) is 126 cm³/mol. The monoisotopic (exact) mass is 441 g/mol. The molecular formula is C25H23N5O3. The second-order valence-electron chi connectivity index (χ2n) is 7.92. The minimum Gasteiger partial charge on any atom is -0.478 e. The van der Waals surface area contributed by atoms with Crippen molar-refractivity contribution in [2.75, 3.05) is 5.32 Å². The Morgan fingerprint density at radius 2 is 1.94 bits per heavy atom. The van der Waals surface area contributed by atoms with E-state index >= 15 is 0 Å². The molecule has 0 saturated heterocycles. The Balaban J connectivity index is 1.83. The third-order valence-corrected chi connectivity index (χ3v) is 5.37. The molecule has 2 aromatic heterocycles. The molecule has 0 spiro atoms. The number of hydrogen-bond acceptors (Lipinski definition) is 5. The van der Waals surface area contributed by atoms with Gasteiger partial charge < -0.3 is 10.4 Å². The summed E-state index contributed by atoms with van der Waals surface area (Å²) in [4.78, 5) is 29.5. The molecule has 166 valence electrons. The molecule has 1 atom stereocenters. The first kappa shape index (κ1) is 21.8. The summed E-state index contributed by atoms with van der Waals surface area (Å²) >= 11 is 0. The van der Waals surface area contributed by atoms with E-state index in [0.29, 0.717) is 22.4 Å². The summed E-state index contributed by atoms with van der Waals surface area (Å²) in [6.07, 6.45) is 3.43. The second-order valence-corrected chi connectivity index (χ2v) is 7.92. The Bertz CT molecular complexity index is 1500. The quantitative estimate of drug-likeness (QED) is 0.472. The van der Waals surface area contributed by atoms with E-state index < -0.39 is 5.97 Å². The van der Waals surface area contributed by atoms with Crippen molar-refractivity contribution < 1.29 is 9.90 Å². The largest absolute Gasteiger partial charge is 0.478 e. The molecule has 1 unspecified atom stereocenters. The molecule has 33 heavy (non-hydrogen) atoms. The molecule has 0 aliphatic heterocycles. The molecule has 2 aromatic carbocycles. The molecule has 8 nitrogen and oxygen atoms in total. The van der Waals surface area contributed by atoms with Gasteiger partial charge in [0.15, 0.2) is 5.82 Å². The summed E-state index contributed by atoms with van der Waals surface area (Å²) in [5, 5.41) is 17.4. The lowest BCUT2D eigenvalue weighted by Crippen LogP contribution is -2.22.